The predicted octanol–water partition coefficient (Wildman–Crippen LogP) is 3.86. The Labute approximate surface area is 120 Å². The third-order valence-corrected chi connectivity index (χ3v) is 2.61. The van der Waals surface area contributed by atoms with Gasteiger partial charge in [-0.25, -0.2) is 9.97 Å². The van der Waals surface area contributed by atoms with Crippen LogP contribution in [0.15, 0.2) is 36.7 Å². The summed E-state index contributed by atoms with van der Waals surface area (Å²) in [6, 6.07) is 7.47. The summed E-state index contributed by atoms with van der Waals surface area (Å²) in [5, 5.41) is 3.06. The number of benzene rings is 1. The molecular weight excluding hydrogens is 283 g/mol. The zero-order valence-electron chi connectivity index (χ0n) is 11.3. The van der Waals surface area contributed by atoms with E-state index < -0.39 is 6.36 Å². The van der Waals surface area contributed by atoms with Gasteiger partial charge in [0.15, 0.2) is 0 Å². The van der Waals surface area contributed by atoms with E-state index in [1.165, 1.54) is 24.5 Å². The van der Waals surface area contributed by atoms with E-state index in [1.807, 2.05) is 6.92 Å². The molecule has 2 rings (SSSR count). The van der Waals surface area contributed by atoms with Gasteiger partial charge in [0.05, 0.1) is 5.69 Å². The van der Waals surface area contributed by atoms with Crippen molar-refractivity contribution < 1.29 is 17.9 Å². The number of halogens is 3. The Hall–Kier alpha value is -2.31. The summed E-state index contributed by atoms with van der Waals surface area (Å²) in [5.41, 5.74) is 0.625. The lowest BCUT2D eigenvalue weighted by Crippen LogP contribution is -2.17. The Bertz CT molecular complexity index is 602. The van der Waals surface area contributed by atoms with Crippen molar-refractivity contribution >= 4 is 5.82 Å². The molecule has 0 fully saturated rings. The fraction of sp³-hybridized carbons (Fsp3) is 0.286. The maximum atomic E-state index is 12.4. The molecule has 1 heterocycles. The van der Waals surface area contributed by atoms with Gasteiger partial charge in [-0.05, 0) is 18.6 Å². The number of ether oxygens (including phenoxy) is 1. The number of nitrogens with one attached hydrogen (secondary N) is 1. The van der Waals surface area contributed by atoms with Gasteiger partial charge in [0, 0.05) is 18.2 Å². The third-order valence-electron chi connectivity index (χ3n) is 2.61. The monoisotopic (exact) mass is 297 g/mol. The zero-order chi connectivity index (χ0) is 15.3. The van der Waals surface area contributed by atoms with Gasteiger partial charge in [-0.15, -0.1) is 13.2 Å². The first-order valence-corrected chi connectivity index (χ1v) is 6.40. The van der Waals surface area contributed by atoms with Crippen LogP contribution in [0.1, 0.15) is 13.3 Å². The van der Waals surface area contributed by atoms with E-state index in [0.29, 0.717) is 11.5 Å². The fourth-order valence-electron chi connectivity index (χ4n) is 1.75. The van der Waals surface area contributed by atoms with Crippen molar-refractivity contribution in [3.05, 3.63) is 36.7 Å². The molecule has 0 unspecified atom stereocenters. The van der Waals surface area contributed by atoms with Crippen LogP contribution in [0.5, 0.6) is 5.75 Å². The van der Waals surface area contributed by atoms with Gasteiger partial charge >= 0.3 is 6.36 Å². The van der Waals surface area contributed by atoms with Crippen molar-refractivity contribution in [1.82, 2.24) is 9.97 Å². The highest BCUT2D eigenvalue weighted by molar-refractivity contribution is 5.68. The molecule has 0 spiro atoms. The summed E-state index contributed by atoms with van der Waals surface area (Å²) < 4.78 is 41.3. The van der Waals surface area contributed by atoms with Gasteiger partial charge in [-0.2, -0.15) is 0 Å². The second kappa shape index (κ2) is 6.43. The molecule has 0 radical (unpaired) electrons. The van der Waals surface area contributed by atoms with Gasteiger partial charge in [-0.3, -0.25) is 0 Å². The lowest BCUT2D eigenvalue weighted by Gasteiger charge is -2.13. The lowest BCUT2D eigenvalue weighted by atomic mass is 10.1. The SMILES string of the molecule is CCCNc1cc(-c2ccccc2OC(F)(F)F)ncn1. The normalized spacial score (nSPS) is 11.2. The number of rotatable bonds is 5. The molecule has 1 aromatic heterocycles. The molecule has 0 amide bonds. The number of aromatic nitrogens is 2. The molecule has 7 heteroatoms. The first-order valence-electron chi connectivity index (χ1n) is 6.40. The van der Waals surface area contributed by atoms with Crippen LogP contribution in [0.2, 0.25) is 0 Å². The van der Waals surface area contributed by atoms with Crippen molar-refractivity contribution in [3.63, 3.8) is 0 Å². The maximum Gasteiger partial charge on any atom is 0.573 e. The van der Waals surface area contributed by atoms with Crippen molar-refractivity contribution in [2.45, 2.75) is 19.7 Å². The number of hydrogen-bond donors (Lipinski definition) is 1. The van der Waals surface area contributed by atoms with E-state index in [-0.39, 0.29) is 11.3 Å². The summed E-state index contributed by atoms with van der Waals surface area (Å²) in [6.45, 7) is 2.72. The maximum absolute atomic E-state index is 12.4. The fourth-order valence-corrected chi connectivity index (χ4v) is 1.75. The van der Waals surface area contributed by atoms with E-state index in [1.54, 1.807) is 12.1 Å². The van der Waals surface area contributed by atoms with Crippen LogP contribution >= 0.6 is 0 Å². The van der Waals surface area contributed by atoms with Gasteiger partial charge in [0.25, 0.3) is 0 Å². The Morgan fingerprint density at radius 1 is 1.19 bits per heavy atom. The van der Waals surface area contributed by atoms with Gasteiger partial charge < -0.3 is 10.1 Å². The van der Waals surface area contributed by atoms with Crippen molar-refractivity contribution in [1.29, 1.82) is 0 Å². The zero-order valence-corrected chi connectivity index (χ0v) is 11.3. The van der Waals surface area contributed by atoms with Crippen LogP contribution in [0.3, 0.4) is 0 Å². The molecule has 21 heavy (non-hydrogen) atoms. The molecule has 2 aromatic rings. The first-order chi connectivity index (χ1) is 9.99. The smallest absolute Gasteiger partial charge is 0.405 e. The summed E-state index contributed by atoms with van der Waals surface area (Å²) >= 11 is 0. The lowest BCUT2D eigenvalue weighted by molar-refractivity contribution is -0.274. The van der Waals surface area contributed by atoms with Crippen molar-refractivity contribution in [3.8, 4) is 17.0 Å². The summed E-state index contributed by atoms with van der Waals surface area (Å²) in [6.07, 6.45) is -2.53. The Balaban J connectivity index is 2.33. The van der Waals surface area contributed by atoms with E-state index in [0.717, 1.165) is 13.0 Å². The quantitative estimate of drug-likeness (QED) is 0.910. The summed E-state index contributed by atoms with van der Waals surface area (Å²) in [4.78, 5) is 8.03. The number of hydrogen-bond acceptors (Lipinski definition) is 4. The number of anilines is 1. The van der Waals surface area contributed by atoms with E-state index in [9.17, 15) is 13.2 Å². The Morgan fingerprint density at radius 3 is 2.67 bits per heavy atom. The predicted molar refractivity (Wildman–Crippen MR) is 72.9 cm³/mol. The van der Waals surface area contributed by atoms with Crippen molar-refractivity contribution in [2.75, 3.05) is 11.9 Å². The summed E-state index contributed by atoms with van der Waals surface area (Å²) in [5.74, 6) is 0.272. The minimum absolute atomic E-state index is 0.261. The molecule has 0 saturated heterocycles. The van der Waals surface area contributed by atoms with Crippen LogP contribution in [0, 0.1) is 0 Å². The molecule has 0 bridgehead atoms. The largest absolute Gasteiger partial charge is 0.573 e. The van der Waals surface area contributed by atoms with Crippen LogP contribution in [0.25, 0.3) is 11.3 Å². The molecule has 0 aliphatic rings. The molecule has 0 aliphatic carbocycles. The van der Waals surface area contributed by atoms with Crippen LogP contribution in [0.4, 0.5) is 19.0 Å². The topological polar surface area (TPSA) is 47.0 Å². The standard InChI is InChI=1S/C14H14F3N3O/c1-2-7-18-13-8-11(19-9-20-13)10-5-3-4-6-12(10)21-14(15,16)17/h3-6,8-9H,2,7H2,1H3,(H,18,19,20). The number of alkyl halides is 3. The van der Waals surface area contributed by atoms with Crippen LogP contribution in [-0.2, 0) is 0 Å². The molecule has 4 nitrogen and oxygen atoms in total. The molecule has 0 saturated carbocycles. The van der Waals surface area contributed by atoms with Gasteiger partial charge in [0.2, 0.25) is 0 Å². The molecule has 1 aromatic carbocycles. The minimum atomic E-state index is -4.74. The Morgan fingerprint density at radius 2 is 1.95 bits per heavy atom. The first kappa shape index (κ1) is 15.1. The highest BCUT2D eigenvalue weighted by Gasteiger charge is 2.32. The van der Waals surface area contributed by atoms with E-state index in [4.69, 9.17) is 0 Å². The second-order valence-electron chi connectivity index (χ2n) is 4.26. The minimum Gasteiger partial charge on any atom is -0.405 e. The van der Waals surface area contributed by atoms with Gasteiger partial charge in [0.1, 0.15) is 17.9 Å². The molecule has 0 atom stereocenters. The molecule has 0 aliphatic heterocycles. The van der Waals surface area contributed by atoms with Gasteiger partial charge in [-0.1, -0.05) is 19.1 Å². The average molecular weight is 297 g/mol. The van der Waals surface area contributed by atoms with Crippen molar-refractivity contribution in [2.24, 2.45) is 0 Å². The highest BCUT2D eigenvalue weighted by atomic mass is 19.4. The highest BCUT2D eigenvalue weighted by Crippen LogP contribution is 2.33. The summed E-state index contributed by atoms with van der Waals surface area (Å²) in [7, 11) is 0. The van der Waals surface area contributed by atoms with E-state index >= 15 is 0 Å². The molecule has 1 N–H and O–H groups in total. The number of para-hydroxylation sites is 1. The molecule has 112 valence electrons. The average Bonchev–Trinajstić information content (AvgIpc) is 2.44. The Kier molecular flexibility index (Phi) is 4.62. The van der Waals surface area contributed by atoms with Crippen LogP contribution < -0.4 is 10.1 Å². The van der Waals surface area contributed by atoms with E-state index in [2.05, 4.69) is 20.0 Å². The number of nitrogens with zero attached hydrogens (tertiary/aromatic N) is 2. The van der Waals surface area contributed by atoms with Crippen LogP contribution in [-0.4, -0.2) is 22.9 Å². The third kappa shape index (κ3) is 4.34. The second-order valence-corrected chi connectivity index (χ2v) is 4.26. The molecular formula is C14H14F3N3O.